The number of benzene rings is 2. The minimum atomic E-state index is -1.94. The van der Waals surface area contributed by atoms with Crippen molar-refractivity contribution in [1.82, 2.24) is 0 Å². The maximum atomic E-state index is 12.6. The highest BCUT2D eigenvalue weighted by Crippen LogP contribution is 2.47. The number of ether oxygens (including phenoxy) is 1. The van der Waals surface area contributed by atoms with Gasteiger partial charge in [0.05, 0.1) is 11.3 Å². The molecule has 2 atom stereocenters. The van der Waals surface area contributed by atoms with Gasteiger partial charge in [0.25, 0.3) is 5.91 Å². The van der Waals surface area contributed by atoms with E-state index in [1.165, 1.54) is 31.4 Å². The number of carbonyl (C=O) groups is 2. The average molecular weight is 421 g/mol. The third kappa shape index (κ3) is 3.37. The highest BCUT2D eigenvalue weighted by atomic mass is 16.5. The van der Waals surface area contributed by atoms with Gasteiger partial charge in [-0.3, -0.25) is 4.79 Å². The number of aliphatic hydroxyl groups is 1. The molecule has 8 heteroatoms. The fourth-order valence-corrected chi connectivity index (χ4v) is 3.75. The summed E-state index contributed by atoms with van der Waals surface area (Å²) in [5.74, 6) is -1.92. The van der Waals surface area contributed by atoms with E-state index in [1.807, 2.05) is 0 Å². The molecule has 0 saturated heterocycles. The first-order chi connectivity index (χ1) is 14.9. The summed E-state index contributed by atoms with van der Waals surface area (Å²) in [4.78, 5) is 23.6. The molecule has 2 aromatic carbocycles. The van der Waals surface area contributed by atoms with Crippen molar-refractivity contribution in [3.8, 4) is 5.75 Å². The van der Waals surface area contributed by atoms with Crippen molar-refractivity contribution in [2.24, 2.45) is 0 Å². The number of phenols is 1. The zero-order chi connectivity index (χ0) is 22.2. The van der Waals surface area contributed by atoms with E-state index < -0.39 is 23.6 Å². The smallest absolute Gasteiger partial charge is 0.371 e. The molecule has 158 valence electrons. The van der Waals surface area contributed by atoms with E-state index in [0.29, 0.717) is 11.1 Å². The fourth-order valence-electron chi connectivity index (χ4n) is 3.75. The Kier molecular flexibility index (Phi) is 5.10. The van der Waals surface area contributed by atoms with Crippen LogP contribution in [0.5, 0.6) is 5.75 Å². The number of aromatic carboxylic acids is 1. The van der Waals surface area contributed by atoms with E-state index >= 15 is 0 Å². The van der Waals surface area contributed by atoms with Crippen LogP contribution in [0, 0.1) is 0 Å². The van der Waals surface area contributed by atoms with E-state index in [2.05, 4.69) is 5.32 Å². The van der Waals surface area contributed by atoms with Crippen LogP contribution in [0.3, 0.4) is 0 Å². The Labute approximate surface area is 177 Å². The Morgan fingerprint density at radius 2 is 1.87 bits per heavy atom. The predicted molar refractivity (Wildman–Crippen MR) is 112 cm³/mol. The number of carboxylic acids is 1. The second-order valence-electron chi connectivity index (χ2n) is 7.00. The number of nitrogens with one attached hydrogen (secondary N) is 1. The molecule has 0 aliphatic carbocycles. The molecule has 4 N–H and O–H groups in total. The van der Waals surface area contributed by atoms with Crippen molar-refractivity contribution >= 4 is 29.7 Å². The minimum absolute atomic E-state index is 0.0953. The molecular formula is C23H19NO7. The summed E-state index contributed by atoms with van der Waals surface area (Å²) in [6, 6.07) is 14.4. The first-order valence-corrected chi connectivity index (χ1v) is 9.35. The summed E-state index contributed by atoms with van der Waals surface area (Å²) in [7, 11) is 1.31. The van der Waals surface area contributed by atoms with Crippen LogP contribution < -0.4 is 5.32 Å². The zero-order valence-corrected chi connectivity index (χ0v) is 16.4. The summed E-state index contributed by atoms with van der Waals surface area (Å²) in [6.45, 7) is 0. The van der Waals surface area contributed by atoms with Gasteiger partial charge in [-0.25, -0.2) is 4.79 Å². The maximum absolute atomic E-state index is 12.6. The van der Waals surface area contributed by atoms with Crippen molar-refractivity contribution in [1.29, 1.82) is 0 Å². The third-order valence-corrected chi connectivity index (χ3v) is 5.18. The molecule has 2 heterocycles. The first kappa shape index (κ1) is 20.4. The van der Waals surface area contributed by atoms with Crippen LogP contribution in [0.2, 0.25) is 0 Å². The lowest BCUT2D eigenvalue weighted by Crippen LogP contribution is -2.52. The molecule has 0 bridgehead atoms. The van der Waals surface area contributed by atoms with Gasteiger partial charge in [0.1, 0.15) is 11.5 Å². The minimum Gasteiger partial charge on any atom is -0.507 e. The molecule has 2 unspecified atom stereocenters. The molecule has 1 aromatic heterocycles. The van der Waals surface area contributed by atoms with Crippen LogP contribution in [-0.2, 0) is 15.1 Å². The Hall–Kier alpha value is -3.88. The molecule has 1 amide bonds. The summed E-state index contributed by atoms with van der Waals surface area (Å²) in [5, 5.41) is 34.4. The van der Waals surface area contributed by atoms with Crippen LogP contribution in [0.15, 0.2) is 59.0 Å². The van der Waals surface area contributed by atoms with Gasteiger partial charge < -0.3 is 29.8 Å². The predicted octanol–water partition coefficient (Wildman–Crippen LogP) is 3.06. The van der Waals surface area contributed by atoms with Crippen LogP contribution >= 0.6 is 0 Å². The number of anilines is 1. The van der Waals surface area contributed by atoms with Crippen LogP contribution in [0.1, 0.15) is 33.0 Å². The van der Waals surface area contributed by atoms with E-state index in [4.69, 9.17) is 14.3 Å². The van der Waals surface area contributed by atoms with Crippen LogP contribution in [0.25, 0.3) is 12.2 Å². The number of furan rings is 1. The Morgan fingerprint density at radius 1 is 1.13 bits per heavy atom. The molecule has 0 radical (unpaired) electrons. The fraction of sp³-hybridized carbons (Fsp3) is 0.130. The zero-order valence-electron chi connectivity index (χ0n) is 16.4. The normalized spacial score (nSPS) is 20.5. The van der Waals surface area contributed by atoms with Crippen molar-refractivity contribution in [2.75, 3.05) is 12.4 Å². The molecule has 0 spiro atoms. The monoisotopic (exact) mass is 421 g/mol. The number of hydrogen-bond donors (Lipinski definition) is 4. The lowest BCUT2D eigenvalue weighted by atomic mass is 9.77. The van der Waals surface area contributed by atoms with Crippen molar-refractivity contribution in [3.63, 3.8) is 0 Å². The first-order valence-electron chi connectivity index (χ1n) is 9.35. The lowest BCUT2D eigenvalue weighted by Gasteiger charge is -2.40. The molecule has 1 aliphatic rings. The third-order valence-electron chi connectivity index (χ3n) is 5.18. The van der Waals surface area contributed by atoms with E-state index in [9.17, 15) is 19.8 Å². The highest BCUT2D eigenvalue weighted by molar-refractivity contribution is 6.01. The number of amides is 1. The number of hydrogen-bond acceptors (Lipinski definition) is 6. The topological polar surface area (TPSA) is 129 Å². The Morgan fingerprint density at radius 3 is 2.52 bits per heavy atom. The van der Waals surface area contributed by atoms with Gasteiger partial charge in [-0.15, -0.1) is 0 Å². The second-order valence-corrected chi connectivity index (χ2v) is 7.00. The van der Waals surface area contributed by atoms with Gasteiger partial charge in [-0.05, 0) is 42.0 Å². The number of fused-ring (bicyclic) bond motifs is 1. The average Bonchev–Trinajstić information content (AvgIpc) is 3.23. The van der Waals surface area contributed by atoms with Crippen molar-refractivity contribution in [2.45, 2.75) is 11.7 Å². The van der Waals surface area contributed by atoms with E-state index in [-0.39, 0.29) is 28.5 Å². The summed E-state index contributed by atoms with van der Waals surface area (Å²) >= 11 is 0. The van der Waals surface area contributed by atoms with E-state index in [1.54, 1.807) is 42.5 Å². The quantitative estimate of drug-likeness (QED) is 0.498. The molecular weight excluding hydrogens is 402 g/mol. The molecule has 8 nitrogen and oxygen atoms in total. The molecule has 3 aromatic rings. The molecule has 31 heavy (non-hydrogen) atoms. The summed E-state index contributed by atoms with van der Waals surface area (Å²) < 4.78 is 10.5. The molecule has 0 saturated carbocycles. The van der Waals surface area contributed by atoms with Gasteiger partial charge in [-0.2, -0.15) is 0 Å². The van der Waals surface area contributed by atoms with E-state index in [0.717, 1.165) is 0 Å². The number of aromatic hydroxyl groups is 1. The van der Waals surface area contributed by atoms with Crippen molar-refractivity contribution in [3.05, 3.63) is 82.8 Å². The number of rotatable bonds is 5. The maximum Gasteiger partial charge on any atom is 0.371 e. The molecule has 0 fully saturated rings. The standard InChI is InChI=1S/C23H19NO7/c1-30-20-21(26)24-16-11-8-13(7-9-15-10-12-17(31-15)22(27)28)19(25)18(16)23(20,29)14-5-3-2-4-6-14/h2-12,20,25,29H,1H3,(H,24,26)(H,27,28). The highest BCUT2D eigenvalue weighted by Gasteiger charge is 2.51. The largest absolute Gasteiger partial charge is 0.507 e. The van der Waals surface area contributed by atoms with Crippen molar-refractivity contribution < 1.29 is 34.1 Å². The van der Waals surface area contributed by atoms with Crippen LogP contribution in [0.4, 0.5) is 5.69 Å². The number of phenolic OH excluding ortho intramolecular Hbond substituents is 1. The van der Waals surface area contributed by atoms with Gasteiger partial charge in [0.2, 0.25) is 5.76 Å². The SMILES string of the molecule is COC1C(=O)Nc2ccc(C=Cc3ccc(C(=O)O)o3)c(O)c2C1(O)c1ccccc1. The number of methoxy groups -OCH3 is 1. The summed E-state index contributed by atoms with van der Waals surface area (Å²) in [5.41, 5.74) is -0.884. The van der Waals surface area contributed by atoms with Gasteiger partial charge in [0, 0.05) is 12.7 Å². The Bertz CT molecular complexity index is 1180. The molecule has 1 aliphatic heterocycles. The van der Waals surface area contributed by atoms with Gasteiger partial charge in [0.15, 0.2) is 11.7 Å². The summed E-state index contributed by atoms with van der Waals surface area (Å²) in [6.07, 6.45) is 1.71. The van der Waals surface area contributed by atoms with Crippen LogP contribution in [-0.4, -0.2) is 40.4 Å². The second kappa shape index (κ2) is 7.75. The number of carbonyl (C=O) groups excluding carboxylic acids is 1. The molecule has 4 rings (SSSR count). The van der Waals surface area contributed by atoms with Gasteiger partial charge in [-0.1, -0.05) is 30.3 Å². The van der Waals surface area contributed by atoms with Gasteiger partial charge >= 0.3 is 5.97 Å². The lowest BCUT2D eigenvalue weighted by molar-refractivity contribution is -0.142. The number of carboxylic acid groups (broad SMARTS) is 1. The Balaban J connectivity index is 1.84.